The van der Waals surface area contributed by atoms with Gasteiger partial charge in [-0.05, 0) is 36.8 Å². The number of rotatable bonds is 6. The predicted octanol–water partition coefficient (Wildman–Crippen LogP) is 3.92. The molecule has 0 atom stereocenters. The number of ketones is 3. The Morgan fingerprint density at radius 2 is 1.72 bits per heavy atom. The van der Waals surface area contributed by atoms with Crippen molar-refractivity contribution in [2.75, 3.05) is 12.9 Å². The number of methoxy groups -OCH3 is 1. The minimum absolute atomic E-state index is 0.00549. The van der Waals surface area contributed by atoms with E-state index in [9.17, 15) is 22.8 Å². The third kappa shape index (κ3) is 3.99. The Kier molecular flexibility index (Phi) is 6.48. The van der Waals surface area contributed by atoms with E-state index in [-0.39, 0.29) is 45.7 Å². The molecule has 0 spiro atoms. The SMILES string of the molecule is CCS(=O)(=O)c1c(OC)cc(C(=O)C2C(=O)CCCC2=O)c(Cl)c1C1CCCC1. The number of sulfone groups is 1. The topological polar surface area (TPSA) is 94.6 Å². The second-order valence-corrected chi connectivity index (χ2v) is 10.2. The van der Waals surface area contributed by atoms with Crippen LogP contribution in [0.3, 0.4) is 0 Å². The fourth-order valence-electron chi connectivity index (χ4n) is 4.37. The number of hydrogen-bond donors (Lipinski definition) is 0. The van der Waals surface area contributed by atoms with Crippen LogP contribution in [0.1, 0.15) is 73.7 Å². The molecule has 2 aliphatic carbocycles. The summed E-state index contributed by atoms with van der Waals surface area (Å²) in [6, 6.07) is 1.28. The molecule has 8 heteroatoms. The molecule has 0 radical (unpaired) electrons. The van der Waals surface area contributed by atoms with Crippen LogP contribution in [0.2, 0.25) is 5.02 Å². The Bertz CT molecular complexity index is 944. The number of Topliss-reactive ketones (excluding diaryl/α,β-unsaturated/α-hetero) is 3. The van der Waals surface area contributed by atoms with E-state index in [0.717, 1.165) is 25.7 Å². The van der Waals surface area contributed by atoms with Crippen LogP contribution in [0.5, 0.6) is 5.75 Å². The summed E-state index contributed by atoms with van der Waals surface area (Å²) in [5.74, 6) is -3.05. The van der Waals surface area contributed by atoms with Crippen molar-refractivity contribution >= 4 is 38.8 Å². The highest BCUT2D eigenvalue weighted by atomic mass is 35.5. The molecular weight excluding hydrogens is 416 g/mol. The molecule has 0 heterocycles. The lowest BCUT2D eigenvalue weighted by molar-refractivity contribution is -0.133. The molecule has 1 aromatic carbocycles. The summed E-state index contributed by atoms with van der Waals surface area (Å²) in [4.78, 5) is 37.8. The zero-order valence-corrected chi connectivity index (χ0v) is 18.2. The van der Waals surface area contributed by atoms with Crippen molar-refractivity contribution in [1.82, 2.24) is 0 Å². The van der Waals surface area contributed by atoms with Crippen molar-refractivity contribution in [2.24, 2.45) is 5.92 Å². The van der Waals surface area contributed by atoms with Gasteiger partial charge in [-0.2, -0.15) is 0 Å². The molecule has 3 rings (SSSR count). The number of hydrogen-bond acceptors (Lipinski definition) is 6. The van der Waals surface area contributed by atoms with E-state index in [1.165, 1.54) is 13.2 Å². The molecule has 2 saturated carbocycles. The van der Waals surface area contributed by atoms with Crippen molar-refractivity contribution in [3.8, 4) is 5.75 Å². The first-order valence-corrected chi connectivity index (χ1v) is 12.0. The molecule has 0 N–H and O–H groups in total. The monoisotopic (exact) mass is 440 g/mol. The van der Waals surface area contributed by atoms with E-state index in [1.54, 1.807) is 6.92 Å². The highest BCUT2D eigenvalue weighted by Crippen LogP contribution is 2.46. The highest BCUT2D eigenvalue weighted by molar-refractivity contribution is 7.91. The van der Waals surface area contributed by atoms with Gasteiger partial charge in [-0.1, -0.05) is 31.4 Å². The Hall–Kier alpha value is -1.73. The smallest absolute Gasteiger partial charge is 0.182 e. The largest absolute Gasteiger partial charge is 0.495 e. The molecule has 1 aromatic rings. The van der Waals surface area contributed by atoms with Gasteiger partial charge >= 0.3 is 0 Å². The quantitative estimate of drug-likeness (QED) is 0.491. The van der Waals surface area contributed by atoms with Crippen molar-refractivity contribution in [3.05, 3.63) is 22.2 Å². The van der Waals surface area contributed by atoms with Crippen molar-refractivity contribution in [1.29, 1.82) is 0 Å². The fraction of sp³-hybridized carbons (Fsp3) is 0.571. The van der Waals surface area contributed by atoms with Crippen LogP contribution in [0.25, 0.3) is 0 Å². The number of carbonyl (C=O) groups excluding carboxylic acids is 3. The van der Waals surface area contributed by atoms with Crippen LogP contribution in [0.4, 0.5) is 0 Å². The molecule has 0 aromatic heterocycles. The summed E-state index contributed by atoms with van der Waals surface area (Å²) in [6.45, 7) is 1.54. The van der Waals surface area contributed by atoms with Gasteiger partial charge in [-0.15, -0.1) is 0 Å². The molecule has 0 unspecified atom stereocenters. The normalized spacial score (nSPS) is 19.0. The van der Waals surface area contributed by atoms with E-state index in [0.29, 0.717) is 12.0 Å². The van der Waals surface area contributed by atoms with Crippen LogP contribution < -0.4 is 4.74 Å². The number of benzene rings is 1. The molecule has 158 valence electrons. The summed E-state index contributed by atoms with van der Waals surface area (Å²) in [5.41, 5.74) is 0.387. The van der Waals surface area contributed by atoms with Crippen LogP contribution >= 0.6 is 11.6 Å². The summed E-state index contributed by atoms with van der Waals surface area (Å²) in [7, 11) is -2.34. The predicted molar refractivity (Wildman–Crippen MR) is 109 cm³/mol. The van der Waals surface area contributed by atoms with Crippen molar-refractivity contribution in [2.45, 2.75) is 62.7 Å². The average molecular weight is 441 g/mol. The lowest BCUT2D eigenvalue weighted by Gasteiger charge is -2.24. The molecule has 0 amide bonds. The summed E-state index contributed by atoms with van der Waals surface area (Å²) < 4.78 is 31.1. The Labute approximate surface area is 175 Å². The molecule has 6 nitrogen and oxygen atoms in total. The Morgan fingerprint density at radius 3 is 2.24 bits per heavy atom. The van der Waals surface area contributed by atoms with Gasteiger partial charge in [0.15, 0.2) is 27.2 Å². The summed E-state index contributed by atoms with van der Waals surface area (Å²) in [5, 5.41) is 0.0286. The highest BCUT2D eigenvalue weighted by Gasteiger charge is 2.40. The van der Waals surface area contributed by atoms with E-state index >= 15 is 0 Å². The van der Waals surface area contributed by atoms with Gasteiger partial charge in [0.1, 0.15) is 16.6 Å². The maximum absolute atomic E-state index is 13.2. The van der Waals surface area contributed by atoms with Gasteiger partial charge in [-0.25, -0.2) is 8.42 Å². The van der Waals surface area contributed by atoms with Gasteiger partial charge < -0.3 is 4.74 Å². The first-order chi connectivity index (χ1) is 13.7. The van der Waals surface area contributed by atoms with Crippen molar-refractivity contribution < 1.29 is 27.5 Å². The second kappa shape index (κ2) is 8.56. The second-order valence-electron chi connectivity index (χ2n) is 7.65. The standard InChI is InChI=1S/C21H25ClO6S/c1-3-29(26,27)21-16(28-2)11-13(19(22)17(21)12-7-4-5-8-12)20(25)18-14(23)9-6-10-15(18)24/h11-12,18H,3-10H2,1-2H3. The minimum Gasteiger partial charge on any atom is -0.495 e. The molecule has 0 bridgehead atoms. The fourth-order valence-corrected chi connectivity index (χ4v) is 6.16. The Balaban J connectivity index is 2.24. The number of ether oxygens (including phenoxy) is 1. The van der Waals surface area contributed by atoms with E-state index < -0.39 is 33.1 Å². The van der Waals surface area contributed by atoms with Crippen molar-refractivity contribution in [3.63, 3.8) is 0 Å². The molecule has 0 aliphatic heterocycles. The first kappa shape index (κ1) is 22.0. The summed E-state index contributed by atoms with van der Waals surface area (Å²) in [6.07, 6.45) is 4.18. The lowest BCUT2D eigenvalue weighted by atomic mass is 9.81. The molecule has 2 fully saturated rings. The molecule has 29 heavy (non-hydrogen) atoms. The first-order valence-electron chi connectivity index (χ1n) is 9.95. The molecule has 0 saturated heterocycles. The number of carbonyl (C=O) groups is 3. The van der Waals surface area contributed by atoms with E-state index in [2.05, 4.69) is 0 Å². The van der Waals surface area contributed by atoms with Gasteiger partial charge in [0.05, 0.1) is 17.9 Å². The minimum atomic E-state index is -3.68. The van der Waals surface area contributed by atoms with Gasteiger partial charge in [0.2, 0.25) is 0 Å². The van der Waals surface area contributed by atoms with Crippen LogP contribution in [0, 0.1) is 5.92 Å². The van der Waals surface area contributed by atoms with Crippen LogP contribution in [0.15, 0.2) is 11.0 Å². The third-order valence-corrected chi connectivity index (χ3v) is 8.12. The van der Waals surface area contributed by atoms with Gasteiger partial charge in [0, 0.05) is 18.4 Å². The maximum atomic E-state index is 13.2. The number of halogens is 1. The van der Waals surface area contributed by atoms with Crippen LogP contribution in [-0.2, 0) is 19.4 Å². The van der Waals surface area contributed by atoms with Crippen LogP contribution in [-0.4, -0.2) is 38.6 Å². The Morgan fingerprint density at radius 1 is 1.14 bits per heavy atom. The van der Waals surface area contributed by atoms with Gasteiger partial charge in [0.25, 0.3) is 0 Å². The van der Waals surface area contributed by atoms with E-state index in [1.807, 2.05) is 0 Å². The zero-order chi connectivity index (χ0) is 21.3. The summed E-state index contributed by atoms with van der Waals surface area (Å²) >= 11 is 6.63. The average Bonchev–Trinajstić information content (AvgIpc) is 3.21. The van der Waals surface area contributed by atoms with E-state index in [4.69, 9.17) is 16.3 Å². The third-order valence-electron chi connectivity index (χ3n) is 5.91. The maximum Gasteiger partial charge on any atom is 0.182 e. The zero-order valence-electron chi connectivity index (χ0n) is 16.6. The van der Waals surface area contributed by atoms with Gasteiger partial charge in [-0.3, -0.25) is 14.4 Å². The molecule has 2 aliphatic rings. The molecular formula is C21H25ClO6S. The lowest BCUT2D eigenvalue weighted by Crippen LogP contribution is -2.35.